The number of benzene rings is 1. The number of amides is 5. The molecule has 166 valence electrons. The number of hydrogen-bond acceptors (Lipinski definition) is 4. The second kappa shape index (κ2) is 8.69. The minimum atomic E-state index is -0.878. The third kappa shape index (κ3) is 4.89. The van der Waals surface area contributed by atoms with E-state index in [1.54, 1.807) is 0 Å². The van der Waals surface area contributed by atoms with E-state index in [2.05, 4.69) is 22.9 Å². The van der Waals surface area contributed by atoms with Gasteiger partial charge in [0.25, 0.3) is 5.91 Å². The normalized spacial score (nSPS) is 26.5. The van der Waals surface area contributed by atoms with E-state index in [4.69, 9.17) is 0 Å². The highest BCUT2D eigenvalue weighted by Crippen LogP contribution is 2.36. The highest BCUT2D eigenvalue weighted by atomic mass is 16.2. The summed E-state index contributed by atoms with van der Waals surface area (Å²) in [5.74, 6) is -0.566. The van der Waals surface area contributed by atoms with E-state index in [0.29, 0.717) is 25.2 Å². The summed E-state index contributed by atoms with van der Waals surface area (Å²) in [7, 11) is 0. The van der Waals surface area contributed by atoms with Gasteiger partial charge in [-0.3, -0.25) is 19.3 Å². The summed E-state index contributed by atoms with van der Waals surface area (Å²) in [6, 6.07) is 8.32. The molecule has 1 unspecified atom stereocenters. The maximum atomic E-state index is 13.0. The van der Waals surface area contributed by atoms with Crippen molar-refractivity contribution < 1.29 is 19.2 Å². The molecule has 1 atom stereocenters. The lowest BCUT2D eigenvalue weighted by molar-refractivity contribution is -0.136. The summed E-state index contributed by atoms with van der Waals surface area (Å²) < 4.78 is 0. The monoisotopic (exact) mass is 426 g/mol. The molecule has 3 fully saturated rings. The SMILES string of the molecule is CC1CCC2(CC1)NC(=O)N(CC(=O)NC(Cc1ccccc1)C(=O)NC1CC1)C2=O. The number of urea groups is 1. The van der Waals surface area contributed by atoms with Gasteiger partial charge in [-0.05, 0) is 50.0 Å². The quantitative estimate of drug-likeness (QED) is 0.574. The molecule has 1 saturated heterocycles. The van der Waals surface area contributed by atoms with Crippen LogP contribution in [0.15, 0.2) is 30.3 Å². The smallest absolute Gasteiger partial charge is 0.325 e. The Morgan fingerprint density at radius 3 is 2.45 bits per heavy atom. The highest BCUT2D eigenvalue weighted by Gasteiger charge is 2.52. The Morgan fingerprint density at radius 1 is 1.13 bits per heavy atom. The number of nitrogens with one attached hydrogen (secondary N) is 3. The molecule has 2 aliphatic carbocycles. The average molecular weight is 427 g/mol. The molecule has 2 saturated carbocycles. The minimum absolute atomic E-state index is 0.169. The second-order valence-electron chi connectivity index (χ2n) is 9.18. The van der Waals surface area contributed by atoms with Crippen LogP contribution in [0, 0.1) is 5.92 Å². The first kappa shape index (κ1) is 21.3. The van der Waals surface area contributed by atoms with Crippen LogP contribution in [0.2, 0.25) is 0 Å². The first-order valence-corrected chi connectivity index (χ1v) is 11.1. The zero-order valence-electron chi connectivity index (χ0n) is 17.9. The fourth-order valence-electron chi connectivity index (χ4n) is 4.39. The van der Waals surface area contributed by atoms with Crippen LogP contribution in [0.3, 0.4) is 0 Å². The third-order valence-electron chi connectivity index (χ3n) is 6.53. The molecule has 1 heterocycles. The molecule has 3 N–H and O–H groups in total. The van der Waals surface area contributed by atoms with E-state index in [1.165, 1.54) is 0 Å². The number of nitrogens with zero attached hydrogens (tertiary/aromatic N) is 1. The summed E-state index contributed by atoms with van der Waals surface area (Å²) in [4.78, 5) is 51.9. The molecule has 5 amide bonds. The molecule has 8 nitrogen and oxygen atoms in total. The van der Waals surface area contributed by atoms with Crippen molar-refractivity contribution in [1.29, 1.82) is 0 Å². The van der Waals surface area contributed by atoms with Gasteiger partial charge < -0.3 is 16.0 Å². The van der Waals surface area contributed by atoms with Gasteiger partial charge in [-0.15, -0.1) is 0 Å². The lowest BCUT2D eigenvalue weighted by Gasteiger charge is -2.33. The Hall–Kier alpha value is -2.90. The van der Waals surface area contributed by atoms with Crippen molar-refractivity contribution in [3.63, 3.8) is 0 Å². The zero-order valence-corrected chi connectivity index (χ0v) is 17.9. The van der Waals surface area contributed by atoms with E-state index >= 15 is 0 Å². The lowest BCUT2D eigenvalue weighted by atomic mass is 9.77. The maximum absolute atomic E-state index is 13.0. The van der Waals surface area contributed by atoms with Crippen LogP contribution >= 0.6 is 0 Å². The maximum Gasteiger partial charge on any atom is 0.325 e. The van der Waals surface area contributed by atoms with Crippen LogP contribution in [0.25, 0.3) is 0 Å². The number of rotatable bonds is 7. The van der Waals surface area contributed by atoms with Gasteiger partial charge >= 0.3 is 6.03 Å². The third-order valence-corrected chi connectivity index (χ3v) is 6.53. The topological polar surface area (TPSA) is 108 Å². The van der Waals surface area contributed by atoms with Crippen molar-refractivity contribution in [2.24, 2.45) is 5.92 Å². The Bertz CT molecular complexity index is 860. The van der Waals surface area contributed by atoms with Crippen LogP contribution in [-0.2, 0) is 20.8 Å². The van der Waals surface area contributed by atoms with Crippen molar-refractivity contribution in [2.75, 3.05) is 6.54 Å². The summed E-state index contributed by atoms with van der Waals surface area (Å²) in [5, 5.41) is 8.49. The van der Waals surface area contributed by atoms with E-state index in [0.717, 1.165) is 36.1 Å². The van der Waals surface area contributed by atoms with Crippen LogP contribution in [-0.4, -0.2) is 52.8 Å². The van der Waals surface area contributed by atoms with Gasteiger partial charge in [0, 0.05) is 12.5 Å². The minimum Gasteiger partial charge on any atom is -0.352 e. The molecule has 0 aromatic heterocycles. The summed E-state index contributed by atoms with van der Waals surface area (Å²) in [6.45, 7) is 1.75. The molecule has 1 spiro atoms. The molecular weight excluding hydrogens is 396 g/mol. The van der Waals surface area contributed by atoms with Crippen LogP contribution in [0.4, 0.5) is 4.79 Å². The molecule has 0 radical (unpaired) electrons. The number of imide groups is 1. The van der Waals surface area contributed by atoms with Crippen LogP contribution < -0.4 is 16.0 Å². The van der Waals surface area contributed by atoms with E-state index in [9.17, 15) is 19.2 Å². The van der Waals surface area contributed by atoms with Gasteiger partial charge in [-0.2, -0.15) is 0 Å². The number of carbonyl (C=O) groups is 4. The number of hydrogen-bond donors (Lipinski definition) is 3. The summed E-state index contributed by atoms with van der Waals surface area (Å²) >= 11 is 0. The van der Waals surface area contributed by atoms with Gasteiger partial charge in [0.2, 0.25) is 11.8 Å². The van der Waals surface area contributed by atoms with Gasteiger partial charge in [0.1, 0.15) is 18.1 Å². The molecular formula is C23H30N4O4. The molecule has 1 aromatic carbocycles. The molecule has 8 heteroatoms. The molecule has 0 bridgehead atoms. The molecule has 4 rings (SSSR count). The zero-order chi connectivity index (χ0) is 22.0. The summed E-state index contributed by atoms with van der Waals surface area (Å²) in [5.41, 5.74) is 0.0421. The first-order valence-electron chi connectivity index (χ1n) is 11.1. The molecule has 1 aliphatic heterocycles. The van der Waals surface area contributed by atoms with Crippen molar-refractivity contribution >= 4 is 23.8 Å². The lowest BCUT2D eigenvalue weighted by Crippen LogP contribution is -2.52. The first-order chi connectivity index (χ1) is 14.9. The summed E-state index contributed by atoms with van der Waals surface area (Å²) in [6.07, 6.45) is 5.16. The molecule has 31 heavy (non-hydrogen) atoms. The Kier molecular flexibility index (Phi) is 5.98. The predicted octanol–water partition coefficient (Wildman–Crippen LogP) is 1.49. The van der Waals surface area contributed by atoms with E-state index < -0.39 is 23.5 Å². The number of carbonyl (C=O) groups excluding carboxylic acids is 4. The average Bonchev–Trinajstić information content (AvgIpc) is 3.54. The van der Waals surface area contributed by atoms with E-state index in [-0.39, 0.29) is 24.4 Å². The Morgan fingerprint density at radius 2 is 1.81 bits per heavy atom. The second-order valence-corrected chi connectivity index (χ2v) is 9.18. The van der Waals surface area contributed by atoms with Crippen molar-refractivity contribution in [3.05, 3.63) is 35.9 Å². The Labute approximate surface area is 182 Å². The highest BCUT2D eigenvalue weighted by molar-refractivity contribution is 6.09. The fourth-order valence-corrected chi connectivity index (χ4v) is 4.39. The largest absolute Gasteiger partial charge is 0.352 e. The fraction of sp³-hybridized carbons (Fsp3) is 0.565. The predicted molar refractivity (Wildman–Crippen MR) is 114 cm³/mol. The Balaban J connectivity index is 1.40. The molecule has 1 aromatic rings. The van der Waals surface area contributed by atoms with Gasteiger partial charge in [0.15, 0.2) is 0 Å². The van der Waals surface area contributed by atoms with Crippen molar-refractivity contribution in [1.82, 2.24) is 20.9 Å². The van der Waals surface area contributed by atoms with Gasteiger partial charge in [-0.25, -0.2) is 4.79 Å². The van der Waals surface area contributed by atoms with Crippen LogP contribution in [0.1, 0.15) is 51.0 Å². The van der Waals surface area contributed by atoms with Crippen LogP contribution in [0.5, 0.6) is 0 Å². The van der Waals surface area contributed by atoms with Gasteiger partial charge in [0.05, 0.1) is 0 Å². The molecule has 3 aliphatic rings. The standard InChI is InChI=1S/C23H30N4O4/c1-15-9-11-23(12-10-15)21(30)27(22(31)26-23)14-19(28)25-18(20(29)24-17-7-8-17)13-16-5-3-2-4-6-16/h2-6,15,17-18H,7-14H2,1H3,(H,24,29)(H,25,28)(H,26,31). The van der Waals surface area contributed by atoms with Crippen molar-refractivity contribution in [3.8, 4) is 0 Å². The van der Waals surface area contributed by atoms with Crippen molar-refractivity contribution in [2.45, 2.75) is 69.5 Å². The van der Waals surface area contributed by atoms with E-state index in [1.807, 2.05) is 30.3 Å². The van der Waals surface area contributed by atoms with Gasteiger partial charge in [-0.1, -0.05) is 37.3 Å².